The SMILES string of the molecule is CC1CCCC/C=C\CC1c1ccc(CC2CCN(S(=O)(=O)c3c(F)c(F)c(O)c(F)c3F)CC2)cc1. The predicted molar refractivity (Wildman–Crippen MR) is 134 cm³/mol. The second-order valence-corrected chi connectivity index (χ2v) is 12.2. The molecule has 2 aliphatic rings. The Hall–Kier alpha value is -2.39. The van der Waals surface area contributed by atoms with Gasteiger partial charge in [-0.25, -0.2) is 17.2 Å². The van der Waals surface area contributed by atoms with Gasteiger partial charge in [0.05, 0.1) is 0 Å². The van der Waals surface area contributed by atoms with Crippen molar-refractivity contribution in [3.05, 3.63) is 70.8 Å². The largest absolute Gasteiger partial charge is 0.503 e. The Bertz CT molecular complexity index is 1210. The fourth-order valence-electron chi connectivity index (χ4n) is 5.53. The first kappa shape index (κ1) is 27.6. The first-order valence-electron chi connectivity index (χ1n) is 12.9. The summed E-state index contributed by atoms with van der Waals surface area (Å²) in [6.45, 7) is 2.26. The van der Waals surface area contributed by atoms with Crippen molar-refractivity contribution >= 4 is 10.0 Å². The van der Waals surface area contributed by atoms with E-state index in [1.165, 1.54) is 24.8 Å². The van der Waals surface area contributed by atoms with Crippen molar-refractivity contribution in [2.75, 3.05) is 13.1 Å². The maximum atomic E-state index is 14.2. The Labute approximate surface area is 216 Å². The minimum absolute atomic E-state index is 0.0278. The Morgan fingerprint density at radius 1 is 0.892 bits per heavy atom. The molecule has 0 radical (unpaired) electrons. The van der Waals surface area contributed by atoms with Crippen molar-refractivity contribution in [1.82, 2.24) is 4.31 Å². The molecule has 0 aromatic heterocycles. The van der Waals surface area contributed by atoms with E-state index in [0.29, 0.717) is 24.7 Å². The van der Waals surface area contributed by atoms with Gasteiger partial charge in [-0.05, 0) is 67.4 Å². The molecule has 1 N–H and O–H groups in total. The van der Waals surface area contributed by atoms with Crippen molar-refractivity contribution in [2.45, 2.75) is 69.1 Å². The van der Waals surface area contributed by atoms with Crippen LogP contribution in [0.15, 0.2) is 41.3 Å². The van der Waals surface area contributed by atoms with Gasteiger partial charge >= 0.3 is 0 Å². The summed E-state index contributed by atoms with van der Waals surface area (Å²) in [5.41, 5.74) is 2.46. The second-order valence-electron chi connectivity index (χ2n) is 10.3. The topological polar surface area (TPSA) is 57.6 Å². The zero-order valence-electron chi connectivity index (χ0n) is 20.9. The van der Waals surface area contributed by atoms with E-state index in [9.17, 15) is 26.0 Å². The van der Waals surface area contributed by atoms with E-state index in [0.717, 1.165) is 29.1 Å². The highest BCUT2D eigenvalue weighted by Gasteiger charge is 2.38. The summed E-state index contributed by atoms with van der Waals surface area (Å²) in [6.07, 6.45) is 12.1. The van der Waals surface area contributed by atoms with Crippen molar-refractivity contribution in [3.8, 4) is 5.75 Å². The Balaban J connectivity index is 1.40. The van der Waals surface area contributed by atoms with Gasteiger partial charge in [0.15, 0.2) is 22.3 Å². The highest BCUT2D eigenvalue weighted by Crippen LogP contribution is 2.36. The standard InChI is InChI=1S/C28H33F4NO3S/c1-18-7-5-3-2-4-6-8-22(18)21-11-9-19(10-12-21)17-20-13-15-33(16-14-20)37(35,36)28-25(31)23(29)27(34)24(30)26(28)32/h4,6,9-12,18,20,22,34H,2-3,5,7-8,13-17H2,1H3/b6-4-. The average Bonchev–Trinajstić information content (AvgIpc) is 2.99. The highest BCUT2D eigenvalue weighted by molar-refractivity contribution is 7.89. The lowest BCUT2D eigenvalue weighted by Gasteiger charge is -2.31. The minimum atomic E-state index is -4.83. The summed E-state index contributed by atoms with van der Waals surface area (Å²) in [5, 5.41) is 9.14. The van der Waals surface area contributed by atoms with Crippen LogP contribution in [0.4, 0.5) is 17.6 Å². The van der Waals surface area contributed by atoms with Crippen LogP contribution < -0.4 is 0 Å². The van der Waals surface area contributed by atoms with Gasteiger partial charge in [-0.15, -0.1) is 0 Å². The number of piperidine rings is 1. The molecule has 2 aromatic carbocycles. The summed E-state index contributed by atoms with van der Waals surface area (Å²) in [6, 6.07) is 8.60. The van der Waals surface area contributed by atoms with E-state index in [2.05, 4.69) is 43.3 Å². The highest BCUT2D eigenvalue weighted by atomic mass is 32.2. The van der Waals surface area contributed by atoms with Crippen molar-refractivity contribution < 1.29 is 31.1 Å². The van der Waals surface area contributed by atoms with Crippen molar-refractivity contribution in [1.29, 1.82) is 0 Å². The van der Waals surface area contributed by atoms with Gasteiger partial charge in [0.1, 0.15) is 0 Å². The fourth-order valence-corrected chi connectivity index (χ4v) is 7.11. The Kier molecular flexibility index (Phi) is 8.63. The van der Waals surface area contributed by atoms with Gasteiger partial charge in [0.2, 0.25) is 21.7 Å². The molecule has 2 aromatic rings. The summed E-state index contributed by atoms with van der Waals surface area (Å²) in [4.78, 5) is -1.71. The number of hydrogen-bond donors (Lipinski definition) is 1. The summed E-state index contributed by atoms with van der Waals surface area (Å²) >= 11 is 0. The molecule has 0 spiro atoms. The van der Waals surface area contributed by atoms with Crippen LogP contribution in [0.5, 0.6) is 5.75 Å². The smallest absolute Gasteiger partial charge is 0.249 e. The van der Waals surface area contributed by atoms with Crippen molar-refractivity contribution in [2.24, 2.45) is 11.8 Å². The van der Waals surface area contributed by atoms with E-state index in [-0.39, 0.29) is 19.0 Å². The van der Waals surface area contributed by atoms with Crippen LogP contribution in [0.2, 0.25) is 0 Å². The molecule has 37 heavy (non-hydrogen) atoms. The lowest BCUT2D eigenvalue weighted by Crippen LogP contribution is -2.39. The zero-order chi connectivity index (χ0) is 26.7. The number of phenolic OH excluding ortho intramolecular Hbond substituents is 1. The van der Waals surface area contributed by atoms with E-state index < -0.39 is 43.9 Å². The van der Waals surface area contributed by atoms with Gasteiger partial charge in [0, 0.05) is 13.1 Å². The third kappa shape index (κ3) is 5.87. The van der Waals surface area contributed by atoms with E-state index in [4.69, 9.17) is 5.11 Å². The van der Waals surface area contributed by atoms with E-state index in [1.54, 1.807) is 0 Å². The molecule has 2 unspecified atom stereocenters. The number of hydrogen-bond acceptors (Lipinski definition) is 3. The van der Waals surface area contributed by atoms with Gasteiger partial charge in [-0.1, -0.05) is 56.2 Å². The molecular formula is C28H33F4NO3S. The number of rotatable bonds is 5. The maximum absolute atomic E-state index is 14.2. The molecule has 2 atom stereocenters. The third-order valence-electron chi connectivity index (χ3n) is 7.83. The minimum Gasteiger partial charge on any atom is -0.503 e. The number of benzene rings is 2. The molecule has 1 heterocycles. The molecule has 4 rings (SSSR count). The number of phenols is 1. The summed E-state index contributed by atoms with van der Waals surface area (Å²) in [5.74, 6) is -9.14. The molecule has 0 amide bonds. The Morgan fingerprint density at radius 3 is 2.14 bits per heavy atom. The predicted octanol–water partition coefficient (Wildman–Crippen LogP) is 6.83. The average molecular weight is 540 g/mol. The Morgan fingerprint density at radius 2 is 1.51 bits per heavy atom. The van der Waals surface area contributed by atoms with Crippen molar-refractivity contribution in [3.63, 3.8) is 0 Å². The molecule has 1 aliphatic heterocycles. The summed E-state index contributed by atoms with van der Waals surface area (Å²) < 4.78 is 82.4. The van der Waals surface area contributed by atoms with Gasteiger partial charge in [0.25, 0.3) is 0 Å². The van der Waals surface area contributed by atoms with Crippen LogP contribution in [0.25, 0.3) is 0 Å². The molecule has 202 valence electrons. The zero-order valence-corrected chi connectivity index (χ0v) is 21.7. The number of aromatic hydroxyl groups is 1. The molecule has 4 nitrogen and oxygen atoms in total. The molecule has 1 fully saturated rings. The third-order valence-corrected chi connectivity index (χ3v) is 9.75. The normalized spacial score (nSPS) is 23.3. The van der Waals surface area contributed by atoms with Crippen LogP contribution in [0.1, 0.15) is 68.9 Å². The fraction of sp³-hybridized carbons (Fsp3) is 0.500. The van der Waals surface area contributed by atoms with Gasteiger partial charge in [-0.3, -0.25) is 0 Å². The van der Waals surface area contributed by atoms with Crippen LogP contribution in [0.3, 0.4) is 0 Å². The van der Waals surface area contributed by atoms with Crippen LogP contribution >= 0.6 is 0 Å². The number of allylic oxidation sites excluding steroid dienone is 2. The second kappa shape index (κ2) is 11.6. The molecular weight excluding hydrogens is 506 g/mol. The lowest BCUT2D eigenvalue weighted by atomic mass is 9.81. The van der Waals surface area contributed by atoms with E-state index in [1.807, 2.05) is 0 Å². The number of nitrogens with zero attached hydrogens (tertiary/aromatic N) is 1. The van der Waals surface area contributed by atoms with E-state index >= 15 is 0 Å². The summed E-state index contributed by atoms with van der Waals surface area (Å²) in [7, 11) is -4.83. The monoisotopic (exact) mass is 539 g/mol. The first-order chi connectivity index (χ1) is 17.6. The number of sulfonamides is 1. The molecule has 9 heteroatoms. The van der Waals surface area contributed by atoms with Crippen LogP contribution in [-0.2, 0) is 16.4 Å². The molecule has 0 bridgehead atoms. The number of halogens is 4. The molecule has 1 aliphatic carbocycles. The van der Waals surface area contributed by atoms with Gasteiger partial charge < -0.3 is 5.11 Å². The maximum Gasteiger partial charge on any atom is 0.249 e. The van der Waals surface area contributed by atoms with Gasteiger partial charge in [-0.2, -0.15) is 13.1 Å². The molecule has 0 saturated carbocycles. The van der Waals surface area contributed by atoms with Crippen LogP contribution in [-0.4, -0.2) is 30.9 Å². The first-order valence-corrected chi connectivity index (χ1v) is 14.3. The lowest BCUT2D eigenvalue weighted by molar-refractivity contribution is 0.269. The quantitative estimate of drug-likeness (QED) is 0.257. The van der Waals surface area contributed by atoms with Crippen LogP contribution in [0, 0.1) is 35.1 Å². The molecule has 1 saturated heterocycles.